The van der Waals surface area contributed by atoms with Crippen LogP contribution in [0, 0.1) is 0 Å². The van der Waals surface area contributed by atoms with Gasteiger partial charge in [-0.05, 0) is 18.8 Å². The largest absolute Gasteiger partial charge is 0.332 e. The molecule has 0 bridgehead atoms. The van der Waals surface area contributed by atoms with E-state index in [1.54, 1.807) is 11.0 Å². The highest BCUT2D eigenvalue weighted by molar-refractivity contribution is 7.16. The minimum atomic E-state index is -0.284. The van der Waals surface area contributed by atoms with Crippen LogP contribution in [0.3, 0.4) is 0 Å². The van der Waals surface area contributed by atoms with Crippen LogP contribution >= 0.6 is 11.3 Å². The van der Waals surface area contributed by atoms with Crippen LogP contribution in [0.2, 0.25) is 0 Å². The molecule has 7 nitrogen and oxygen atoms in total. The number of hydrogen-bond donors (Lipinski definition) is 2. The lowest BCUT2D eigenvalue weighted by Crippen LogP contribution is -2.28. The van der Waals surface area contributed by atoms with Gasteiger partial charge in [0.05, 0.1) is 25.0 Å². The lowest BCUT2D eigenvalue weighted by atomic mass is 9.93. The van der Waals surface area contributed by atoms with Gasteiger partial charge in [0, 0.05) is 4.88 Å². The standard InChI is InChI=1S/C15H24N6OS/c1-6-11-12(15(3,4)5)23-14(18-11)19-13(22)16-8-10-9-17-21(7-2)20-10/h9H,6-8H2,1-5H3,(H2,16,18,19,22). The molecule has 2 aromatic rings. The van der Waals surface area contributed by atoms with Gasteiger partial charge in [-0.1, -0.05) is 27.7 Å². The van der Waals surface area contributed by atoms with Gasteiger partial charge in [-0.2, -0.15) is 15.0 Å². The maximum Gasteiger partial charge on any atom is 0.321 e. The highest BCUT2D eigenvalue weighted by Gasteiger charge is 2.22. The summed E-state index contributed by atoms with van der Waals surface area (Å²) < 4.78 is 0. The molecule has 0 spiro atoms. The molecule has 8 heteroatoms. The molecule has 0 saturated heterocycles. The first-order valence-electron chi connectivity index (χ1n) is 7.77. The first kappa shape index (κ1) is 17.4. The second kappa shape index (κ2) is 7.08. The van der Waals surface area contributed by atoms with E-state index in [-0.39, 0.29) is 11.4 Å². The van der Waals surface area contributed by atoms with Gasteiger partial charge in [0.25, 0.3) is 0 Å². The maximum atomic E-state index is 12.0. The molecule has 0 fully saturated rings. The zero-order chi connectivity index (χ0) is 17.0. The van der Waals surface area contributed by atoms with Gasteiger partial charge >= 0.3 is 6.03 Å². The Labute approximate surface area is 140 Å². The van der Waals surface area contributed by atoms with Gasteiger partial charge in [0.15, 0.2) is 5.13 Å². The predicted octanol–water partition coefficient (Wildman–Crippen LogP) is 2.94. The van der Waals surface area contributed by atoms with Gasteiger partial charge in [0.1, 0.15) is 5.69 Å². The SMILES string of the molecule is CCc1nc(NC(=O)NCc2cnn(CC)n2)sc1C(C)(C)C. The van der Waals surface area contributed by atoms with E-state index in [1.807, 2.05) is 6.92 Å². The van der Waals surface area contributed by atoms with E-state index in [0.29, 0.717) is 18.2 Å². The lowest BCUT2D eigenvalue weighted by Gasteiger charge is -2.16. The van der Waals surface area contributed by atoms with Crippen LogP contribution in [0.1, 0.15) is 50.9 Å². The van der Waals surface area contributed by atoms with Crippen molar-refractivity contribution in [1.29, 1.82) is 0 Å². The van der Waals surface area contributed by atoms with E-state index < -0.39 is 0 Å². The number of rotatable bonds is 5. The lowest BCUT2D eigenvalue weighted by molar-refractivity contribution is 0.251. The molecule has 0 radical (unpaired) electrons. The van der Waals surface area contributed by atoms with E-state index in [0.717, 1.165) is 17.8 Å². The van der Waals surface area contributed by atoms with Crippen molar-refractivity contribution in [3.8, 4) is 0 Å². The van der Waals surface area contributed by atoms with Crippen molar-refractivity contribution in [2.45, 2.75) is 59.5 Å². The van der Waals surface area contributed by atoms with Crippen LogP contribution in [0.5, 0.6) is 0 Å². The summed E-state index contributed by atoms with van der Waals surface area (Å²) in [6, 6.07) is -0.284. The molecule has 2 aromatic heterocycles. The van der Waals surface area contributed by atoms with Gasteiger partial charge in [0.2, 0.25) is 0 Å². The molecule has 2 heterocycles. The summed E-state index contributed by atoms with van der Waals surface area (Å²) >= 11 is 1.53. The van der Waals surface area contributed by atoms with Crippen molar-refractivity contribution in [2.24, 2.45) is 0 Å². The quantitative estimate of drug-likeness (QED) is 0.879. The first-order valence-corrected chi connectivity index (χ1v) is 8.59. The molecule has 0 saturated carbocycles. The average molecular weight is 336 g/mol. The number of aromatic nitrogens is 4. The van der Waals surface area contributed by atoms with Gasteiger partial charge in [-0.3, -0.25) is 5.32 Å². The van der Waals surface area contributed by atoms with E-state index in [9.17, 15) is 4.79 Å². The van der Waals surface area contributed by atoms with E-state index in [2.05, 4.69) is 53.5 Å². The fourth-order valence-electron chi connectivity index (χ4n) is 2.11. The third-order valence-corrected chi connectivity index (χ3v) is 4.67. The topological polar surface area (TPSA) is 84.7 Å². The summed E-state index contributed by atoms with van der Waals surface area (Å²) in [6.45, 7) is 11.5. The molecular formula is C15H24N6OS. The summed E-state index contributed by atoms with van der Waals surface area (Å²) in [4.78, 5) is 19.3. The second-order valence-electron chi connectivity index (χ2n) is 6.23. The van der Waals surface area contributed by atoms with Crippen LogP contribution in [-0.2, 0) is 24.9 Å². The van der Waals surface area contributed by atoms with Crippen LogP contribution in [0.15, 0.2) is 6.20 Å². The fraction of sp³-hybridized carbons (Fsp3) is 0.600. The van der Waals surface area contributed by atoms with Crippen LogP contribution in [0.4, 0.5) is 9.93 Å². The summed E-state index contributed by atoms with van der Waals surface area (Å²) in [5.74, 6) is 0. The van der Waals surface area contributed by atoms with Gasteiger partial charge < -0.3 is 5.32 Å². The molecule has 0 unspecified atom stereocenters. The van der Waals surface area contributed by atoms with Crippen molar-refractivity contribution in [1.82, 2.24) is 25.3 Å². The Hall–Kier alpha value is -1.96. The van der Waals surface area contributed by atoms with Crippen LogP contribution < -0.4 is 10.6 Å². The first-order chi connectivity index (χ1) is 10.8. The molecular weight excluding hydrogens is 312 g/mol. The number of thiazole rings is 1. The zero-order valence-electron chi connectivity index (χ0n) is 14.3. The van der Waals surface area contributed by atoms with Gasteiger partial charge in [-0.25, -0.2) is 9.78 Å². The summed E-state index contributed by atoms with van der Waals surface area (Å²) in [5, 5.41) is 14.5. The minimum absolute atomic E-state index is 0.0259. The maximum absolute atomic E-state index is 12.0. The minimum Gasteiger partial charge on any atom is -0.332 e. The number of urea groups is 1. The smallest absolute Gasteiger partial charge is 0.321 e. The fourth-order valence-corrected chi connectivity index (χ4v) is 3.22. The Morgan fingerprint density at radius 1 is 1.35 bits per heavy atom. The number of carbonyl (C=O) groups is 1. The zero-order valence-corrected chi connectivity index (χ0v) is 15.1. The Morgan fingerprint density at radius 3 is 2.61 bits per heavy atom. The highest BCUT2D eigenvalue weighted by atomic mass is 32.1. The molecule has 0 atom stereocenters. The van der Waals surface area contributed by atoms with Crippen molar-refractivity contribution < 1.29 is 4.79 Å². The number of amides is 2. The van der Waals surface area contributed by atoms with Crippen LogP contribution in [0.25, 0.3) is 0 Å². The molecule has 0 aromatic carbocycles. The Kier molecular flexibility index (Phi) is 5.35. The number of anilines is 1. The normalized spacial score (nSPS) is 11.5. The van der Waals surface area contributed by atoms with Crippen LogP contribution in [-0.4, -0.2) is 26.0 Å². The molecule has 23 heavy (non-hydrogen) atoms. The molecule has 0 aliphatic carbocycles. The van der Waals surface area contributed by atoms with Crippen molar-refractivity contribution in [3.05, 3.63) is 22.5 Å². The third-order valence-electron chi connectivity index (χ3n) is 3.23. The number of aryl methyl sites for hydroxylation is 2. The van der Waals surface area contributed by atoms with Gasteiger partial charge in [-0.15, -0.1) is 11.3 Å². The monoisotopic (exact) mass is 336 g/mol. The summed E-state index contributed by atoms with van der Waals surface area (Å²) in [6.07, 6.45) is 2.51. The Bertz CT molecular complexity index is 670. The van der Waals surface area contributed by atoms with E-state index >= 15 is 0 Å². The molecule has 2 rings (SSSR count). The molecule has 0 aliphatic rings. The van der Waals surface area contributed by atoms with E-state index in [4.69, 9.17) is 0 Å². The van der Waals surface area contributed by atoms with Crippen molar-refractivity contribution in [2.75, 3.05) is 5.32 Å². The number of carbonyl (C=O) groups excluding carboxylic acids is 1. The highest BCUT2D eigenvalue weighted by Crippen LogP contribution is 2.34. The number of hydrogen-bond acceptors (Lipinski definition) is 5. The van der Waals surface area contributed by atoms with E-state index in [1.165, 1.54) is 16.2 Å². The molecule has 0 aliphatic heterocycles. The predicted molar refractivity (Wildman–Crippen MR) is 91.7 cm³/mol. The van der Waals surface area contributed by atoms with Crippen molar-refractivity contribution in [3.63, 3.8) is 0 Å². The molecule has 2 amide bonds. The third kappa shape index (κ3) is 4.51. The molecule has 2 N–H and O–H groups in total. The Balaban J connectivity index is 1.96. The number of nitrogens with one attached hydrogen (secondary N) is 2. The summed E-state index contributed by atoms with van der Waals surface area (Å²) in [5.41, 5.74) is 1.80. The molecule has 126 valence electrons. The van der Waals surface area contributed by atoms with Crippen molar-refractivity contribution >= 4 is 22.5 Å². The Morgan fingerprint density at radius 2 is 2.09 bits per heavy atom. The second-order valence-corrected chi connectivity index (χ2v) is 7.23. The number of nitrogens with zero attached hydrogens (tertiary/aromatic N) is 4. The summed E-state index contributed by atoms with van der Waals surface area (Å²) in [7, 11) is 0. The average Bonchev–Trinajstić information content (AvgIpc) is 3.10.